The van der Waals surface area contributed by atoms with Gasteiger partial charge in [0.1, 0.15) is 5.76 Å². The summed E-state index contributed by atoms with van der Waals surface area (Å²) in [5.41, 5.74) is 0.733. The lowest BCUT2D eigenvalue weighted by atomic mass is 10.0. The van der Waals surface area contributed by atoms with Gasteiger partial charge in [-0.15, -0.1) is 0 Å². The number of carbonyl (C=O) groups excluding carboxylic acids is 2. The van der Waals surface area contributed by atoms with Crippen molar-refractivity contribution >= 4 is 17.5 Å². The van der Waals surface area contributed by atoms with E-state index >= 15 is 0 Å². The molecule has 0 heterocycles. The summed E-state index contributed by atoms with van der Waals surface area (Å²) in [7, 11) is 0. The summed E-state index contributed by atoms with van der Waals surface area (Å²) < 4.78 is 42.3. The Morgan fingerprint density at radius 2 is 1.50 bits per heavy atom. The van der Waals surface area contributed by atoms with Crippen molar-refractivity contribution in [2.24, 2.45) is 0 Å². The van der Waals surface area contributed by atoms with E-state index in [1.807, 2.05) is 0 Å². The van der Waals surface area contributed by atoms with Crippen molar-refractivity contribution in [2.75, 3.05) is 6.61 Å². The minimum atomic E-state index is -4.40. The number of aliphatic hydroxyl groups is 1. The third-order valence-electron chi connectivity index (χ3n) is 3.47. The highest BCUT2D eigenvalue weighted by molar-refractivity contribution is 6.39. The van der Waals surface area contributed by atoms with Crippen LogP contribution in [0.5, 0.6) is 0 Å². The molecule has 0 radical (unpaired) electrons. The van der Waals surface area contributed by atoms with E-state index in [9.17, 15) is 27.9 Å². The molecule has 0 aliphatic rings. The summed E-state index contributed by atoms with van der Waals surface area (Å²) in [5.74, 6) is -2.47. The molecule has 26 heavy (non-hydrogen) atoms. The summed E-state index contributed by atoms with van der Waals surface area (Å²) in [6.45, 7) is 1.59. The standard InChI is InChI=1S/C19H15F3O4/c1-2-26-18(25)17(24)11-16(23)14-5-3-12(4-6-14)13-7-9-15(10-8-13)19(20,21)22/h3-11,23H,2H2,1H3. The molecule has 0 aromatic heterocycles. The largest absolute Gasteiger partial charge is 0.507 e. The number of hydrogen-bond acceptors (Lipinski definition) is 4. The van der Waals surface area contributed by atoms with E-state index in [-0.39, 0.29) is 12.2 Å². The van der Waals surface area contributed by atoms with E-state index in [1.165, 1.54) is 24.3 Å². The Balaban J connectivity index is 2.17. The van der Waals surface area contributed by atoms with E-state index in [0.717, 1.165) is 18.2 Å². The Bertz CT molecular complexity index is 819. The van der Waals surface area contributed by atoms with Crippen LogP contribution in [-0.4, -0.2) is 23.5 Å². The van der Waals surface area contributed by atoms with Crippen LogP contribution in [-0.2, 0) is 20.5 Å². The zero-order valence-corrected chi connectivity index (χ0v) is 13.7. The highest BCUT2D eigenvalue weighted by Gasteiger charge is 2.29. The first kappa shape index (κ1) is 19.2. The molecule has 0 amide bonds. The number of ether oxygens (including phenoxy) is 1. The van der Waals surface area contributed by atoms with E-state index in [4.69, 9.17) is 0 Å². The van der Waals surface area contributed by atoms with Crippen LogP contribution in [0.2, 0.25) is 0 Å². The number of alkyl halides is 3. The first-order chi connectivity index (χ1) is 12.2. The lowest BCUT2D eigenvalue weighted by Gasteiger charge is -2.08. The fraction of sp³-hybridized carbons (Fsp3) is 0.158. The molecule has 1 N–H and O–H groups in total. The molecule has 2 aromatic carbocycles. The second kappa shape index (κ2) is 7.86. The highest BCUT2D eigenvalue weighted by atomic mass is 19.4. The first-order valence-corrected chi connectivity index (χ1v) is 7.62. The van der Waals surface area contributed by atoms with Crippen molar-refractivity contribution in [1.82, 2.24) is 0 Å². The number of esters is 1. The van der Waals surface area contributed by atoms with Crippen molar-refractivity contribution in [3.63, 3.8) is 0 Å². The molecule has 4 nitrogen and oxygen atoms in total. The average molecular weight is 364 g/mol. The van der Waals surface area contributed by atoms with Crippen LogP contribution in [0.15, 0.2) is 54.6 Å². The molecule has 2 rings (SSSR count). The SMILES string of the molecule is CCOC(=O)C(=O)C=C(O)c1ccc(-c2ccc(C(F)(F)F)cc2)cc1. The van der Waals surface area contributed by atoms with Gasteiger partial charge in [0.25, 0.3) is 5.78 Å². The summed E-state index contributed by atoms with van der Waals surface area (Å²) in [6, 6.07) is 10.8. The molecule has 0 fully saturated rings. The van der Waals surface area contributed by atoms with Crippen LogP contribution >= 0.6 is 0 Å². The number of hydrogen-bond donors (Lipinski definition) is 1. The highest BCUT2D eigenvalue weighted by Crippen LogP contribution is 2.31. The predicted octanol–water partition coefficient (Wildman–Crippen LogP) is 4.40. The smallest absolute Gasteiger partial charge is 0.416 e. The normalized spacial score (nSPS) is 11.9. The van der Waals surface area contributed by atoms with Crippen molar-refractivity contribution in [3.8, 4) is 11.1 Å². The monoisotopic (exact) mass is 364 g/mol. The Hall–Kier alpha value is -3.09. The van der Waals surface area contributed by atoms with Crippen LogP contribution in [0.4, 0.5) is 13.2 Å². The van der Waals surface area contributed by atoms with Crippen molar-refractivity contribution in [3.05, 3.63) is 65.7 Å². The van der Waals surface area contributed by atoms with Crippen molar-refractivity contribution in [2.45, 2.75) is 13.1 Å². The van der Waals surface area contributed by atoms with Crippen LogP contribution in [0.1, 0.15) is 18.1 Å². The number of benzene rings is 2. The summed E-state index contributed by atoms with van der Waals surface area (Å²) in [6.07, 6.45) is -3.64. The van der Waals surface area contributed by atoms with Gasteiger partial charge in [0.05, 0.1) is 12.2 Å². The third-order valence-corrected chi connectivity index (χ3v) is 3.47. The van der Waals surface area contributed by atoms with Gasteiger partial charge in [-0.3, -0.25) is 4.79 Å². The second-order valence-corrected chi connectivity index (χ2v) is 5.27. The maximum absolute atomic E-state index is 12.6. The van der Waals surface area contributed by atoms with Gasteiger partial charge in [-0.2, -0.15) is 13.2 Å². The molecule has 0 aliphatic carbocycles. The molecule has 0 atom stereocenters. The number of aliphatic hydroxyl groups excluding tert-OH is 1. The van der Waals surface area contributed by atoms with Crippen molar-refractivity contribution in [1.29, 1.82) is 0 Å². The molecule has 0 bridgehead atoms. The van der Waals surface area contributed by atoms with Gasteiger partial charge in [0.2, 0.25) is 0 Å². The molecule has 0 aliphatic heterocycles. The molecule has 0 saturated carbocycles. The van der Waals surface area contributed by atoms with E-state index in [0.29, 0.717) is 11.1 Å². The third kappa shape index (κ3) is 4.72. The Labute approximate surface area is 147 Å². The molecular weight excluding hydrogens is 349 g/mol. The Morgan fingerprint density at radius 3 is 1.96 bits per heavy atom. The van der Waals surface area contributed by atoms with Crippen LogP contribution < -0.4 is 0 Å². The molecule has 0 unspecified atom stereocenters. The first-order valence-electron chi connectivity index (χ1n) is 7.62. The summed E-state index contributed by atoms with van der Waals surface area (Å²) >= 11 is 0. The maximum atomic E-state index is 12.6. The van der Waals surface area contributed by atoms with E-state index in [2.05, 4.69) is 4.74 Å². The van der Waals surface area contributed by atoms with Crippen LogP contribution in [0.25, 0.3) is 16.9 Å². The number of carbonyl (C=O) groups is 2. The number of halogens is 3. The van der Waals surface area contributed by atoms with Crippen molar-refractivity contribution < 1.29 is 32.6 Å². The van der Waals surface area contributed by atoms with Crippen LogP contribution in [0, 0.1) is 0 Å². The molecule has 136 valence electrons. The van der Waals surface area contributed by atoms with Gasteiger partial charge in [-0.25, -0.2) is 4.79 Å². The molecule has 0 saturated heterocycles. The lowest BCUT2D eigenvalue weighted by Crippen LogP contribution is -2.15. The van der Waals surface area contributed by atoms with Gasteiger partial charge in [-0.1, -0.05) is 36.4 Å². The fourth-order valence-corrected chi connectivity index (χ4v) is 2.15. The van der Waals surface area contributed by atoms with Crippen LogP contribution in [0.3, 0.4) is 0 Å². The predicted molar refractivity (Wildman–Crippen MR) is 89.1 cm³/mol. The summed E-state index contributed by atoms with van der Waals surface area (Å²) in [5, 5.41) is 9.90. The van der Waals surface area contributed by atoms with Gasteiger partial charge in [0, 0.05) is 11.6 Å². The average Bonchev–Trinajstić information content (AvgIpc) is 2.61. The lowest BCUT2D eigenvalue weighted by molar-refractivity contribution is -0.151. The van der Waals surface area contributed by atoms with Gasteiger partial charge in [-0.05, 0) is 30.2 Å². The fourth-order valence-electron chi connectivity index (χ4n) is 2.15. The van der Waals surface area contributed by atoms with Gasteiger partial charge in [0.15, 0.2) is 0 Å². The minimum absolute atomic E-state index is 0.0427. The minimum Gasteiger partial charge on any atom is -0.507 e. The van der Waals surface area contributed by atoms with Gasteiger partial charge >= 0.3 is 12.1 Å². The molecule has 0 spiro atoms. The van der Waals surface area contributed by atoms with E-state index in [1.54, 1.807) is 19.1 Å². The number of rotatable bonds is 5. The maximum Gasteiger partial charge on any atom is 0.416 e. The van der Waals surface area contributed by atoms with Gasteiger partial charge < -0.3 is 9.84 Å². The zero-order valence-electron chi connectivity index (χ0n) is 13.7. The molecule has 2 aromatic rings. The topological polar surface area (TPSA) is 63.6 Å². The molecular formula is C19H15F3O4. The zero-order chi connectivity index (χ0) is 19.3. The second-order valence-electron chi connectivity index (χ2n) is 5.27. The Kier molecular flexibility index (Phi) is 5.82. The molecule has 7 heteroatoms. The summed E-state index contributed by atoms with van der Waals surface area (Å²) in [4.78, 5) is 22.8. The Morgan fingerprint density at radius 1 is 1.00 bits per heavy atom. The number of ketones is 1. The quantitative estimate of drug-likeness (QED) is 0.370. The van der Waals surface area contributed by atoms with E-state index < -0.39 is 29.3 Å².